The van der Waals surface area contributed by atoms with Crippen LogP contribution in [-0.2, 0) is 0 Å². The molecule has 15 heavy (non-hydrogen) atoms. The minimum Gasteiger partial charge on any atom is -0.385 e. The molecule has 1 aliphatic rings. The minimum atomic E-state index is 0.705. The van der Waals surface area contributed by atoms with Crippen LogP contribution in [0.2, 0.25) is 5.02 Å². The lowest BCUT2D eigenvalue weighted by Gasteiger charge is -2.11. The third-order valence-corrected chi connectivity index (χ3v) is 3.04. The molecule has 1 saturated heterocycles. The third-order valence-electron chi connectivity index (χ3n) is 2.81. The van der Waals surface area contributed by atoms with Crippen LogP contribution in [0.25, 0.3) is 0 Å². The average Bonchev–Trinajstić information content (AvgIpc) is 2.71. The first-order valence-electron chi connectivity index (χ1n) is 5.57. The van der Waals surface area contributed by atoms with Crippen molar-refractivity contribution in [1.82, 2.24) is 5.32 Å². The molecule has 2 rings (SSSR count). The fourth-order valence-electron chi connectivity index (χ4n) is 1.99. The maximum Gasteiger partial charge on any atom is 0.0426 e. The quantitative estimate of drug-likeness (QED) is 0.822. The van der Waals surface area contributed by atoms with Gasteiger partial charge in [0, 0.05) is 23.3 Å². The van der Waals surface area contributed by atoms with Crippen molar-refractivity contribution < 1.29 is 0 Å². The zero-order valence-electron chi connectivity index (χ0n) is 8.80. The fourth-order valence-corrected chi connectivity index (χ4v) is 2.18. The molecule has 0 radical (unpaired) electrons. The molecule has 1 heterocycles. The van der Waals surface area contributed by atoms with Gasteiger partial charge >= 0.3 is 0 Å². The molecule has 1 aromatic carbocycles. The second kappa shape index (κ2) is 5.38. The number of nitrogens with one attached hydrogen (secondary N) is 2. The first-order chi connectivity index (χ1) is 7.34. The molecule has 0 aliphatic carbocycles. The molecule has 0 bridgehead atoms. The Bertz CT molecular complexity index is 308. The van der Waals surface area contributed by atoms with Gasteiger partial charge in [-0.1, -0.05) is 17.7 Å². The lowest BCUT2D eigenvalue weighted by molar-refractivity contribution is 0.574. The van der Waals surface area contributed by atoms with Crippen molar-refractivity contribution in [2.75, 3.05) is 18.4 Å². The van der Waals surface area contributed by atoms with Crippen LogP contribution in [0.4, 0.5) is 5.69 Å². The average molecular weight is 225 g/mol. The summed E-state index contributed by atoms with van der Waals surface area (Å²) in [5, 5.41) is 7.67. The van der Waals surface area contributed by atoms with E-state index in [1.54, 1.807) is 0 Å². The van der Waals surface area contributed by atoms with Gasteiger partial charge in [0.05, 0.1) is 0 Å². The summed E-state index contributed by atoms with van der Waals surface area (Å²) in [6.45, 7) is 2.19. The number of hydrogen-bond donors (Lipinski definition) is 2. The maximum absolute atomic E-state index is 5.90. The zero-order chi connectivity index (χ0) is 10.5. The molecule has 1 unspecified atom stereocenters. The van der Waals surface area contributed by atoms with E-state index in [-0.39, 0.29) is 0 Å². The fraction of sp³-hybridized carbons (Fsp3) is 0.500. The molecule has 2 nitrogen and oxygen atoms in total. The lowest BCUT2D eigenvalue weighted by atomic mass is 10.1. The van der Waals surface area contributed by atoms with E-state index in [1.807, 2.05) is 24.3 Å². The maximum atomic E-state index is 5.90. The monoisotopic (exact) mass is 224 g/mol. The van der Waals surface area contributed by atoms with Gasteiger partial charge in [0.2, 0.25) is 0 Å². The molecule has 0 amide bonds. The van der Waals surface area contributed by atoms with Crippen LogP contribution in [0.15, 0.2) is 24.3 Å². The molecule has 0 saturated carbocycles. The molecule has 2 N–H and O–H groups in total. The van der Waals surface area contributed by atoms with E-state index in [4.69, 9.17) is 11.6 Å². The molecule has 1 atom stereocenters. The lowest BCUT2D eigenvalue weighted by Crippen LogP contribution is -2.24. The Morgan fingerprint density at radius 3 is 3.13 bits per heavy atom. The Morgan fingerprint density at radius 1 is 1.47 bits per heavy atom. The van der Waals surface area contributed by atoms with Crippen molar-refractivity contribution in [3.8, 4) is 0 Å². The summed E-state index contributed by atoms with van der Waals surface area (Å²) in [5.41, 5.74) is 1.11. The summed E-state index contributed by atoms with van der Waals surface area (Å²) in [6, 6.07) is 8.58. The summed E-state index contributed by atoms with van der Waals surface area (Å²) in [4.78, 5) is 0. The first kappa shape index (κ1) is 10.8. The van der Waals surface area contributed by atoms with E-state index in [1.165, 1.54) is 25.8 Å². The Labute approximate surface area is 96.0 Å². The number of anilines is 1. The highest BCUT2D eigenvalue weighted by molar-refractivity contribution is 6.30. The Hall–Kier alpha value is -0.730. The molecule has 0 aromatic heterocycles. The van der Waals surface area contributed by atoms with E-state index >= 15 is 0 Å². The van der Waals surface area contributed by atoms with Crippen molar-refractivity contribution in [1.29, 1.82) is 0 Å². The van der Waals surface area contributed by atoms with Crippen molar-refractivity contribution in [3.05, 3.63) is 29.3 Å². The van der Waals surface area contributed by atoms with Crippen LogP contribution < -0.4 is 10.6 Å². The first-order valence-corrected chi connectivity index (χ1v) is 5.95. The van der Waals surface area contributed by atoms with E-state index in [2.05, 4.69) is 10.6 Å². The van der Waals surface area contributed by atoms with E-state index < -0.39 is 0 Å². The summed E-state index contributed by atoms with van der Waals surface area (Å²) in [6.07, 6.45) is 3.82. The molecule has 1 aromatic rings. The molecule has 1 aliphatic heterocycles. The van der Waals surface area contributed by atoms with E-state index in [0.29, 0.717) is 6.04 Å². The normalized spacial score (nSPS) is 20.5. The molecular formula is C12H17ClN2. The van der Waals surface area contributed by atoms with E-state index in [9.17, 15) is 0 Å². The van der Waals surface area contributed by atoms with Gasteiger partial charge < -0.3 is 10.6 Å². The van der Waals surface area contributed by atoms with Crippen molar-refractivity contribution >= 4 is 17.3 Å². The highest BCUT2D eigenvalue weighted by Crippen LogP contribution is 2.15. The highest BCUT2D eigenvalue weighted by atomic mass is 35.5. The Kier molecular flexibility index (Phi) is 3.87. The predicted molar refractivity (Wildman–Crippen MR) is 65.6 cm³/mol. The van der Waals surface area contributed by atoms with Crippen LogP contribution in [0.1, 0.15) is 19.3 Å². The molecular weight excluding hydrogens is 208 g/mol. The molecule has 3 heteroatoms. The van der Waals surface area contributed by atoms with Gasteiger partial charge in [-0.05, 0) is 44.0 Å². The smallest absolute Gasteiger partial charge is 0.0426 e. The summed E-state index contributed by atoms with van der Waals surface area (Å²) in [7, 11) is 0. The van der Waals surface area contributed by atoms with Gasteiger partial charge in [-0.15, -0.1) is 0 Å². The SMILES string of the molecule is Clc1cccc(NCCC2CCCN2)c1. The summed E-state index contributed by atoms with van der Waals surface area (Å²) < 4.78 is 0. The van der Waals surface area contributed by atoms with Crippen molar-refractivity contribution in [2.24, 2.45) is 0 Å². The predicted octanol–water partition coefficient (Wildman–Crippen LogP) is 2.89. The van der Waals surface area contributed by atoms with Gasteiger partial charge in [-0.3, -0.25) is 0 Å². The topological polar surface area (TPSA) is 24.1 Å². The second-order valence-electron chi connectivity index (χ2n) is 4.02. The number of hydrogen-bond acceptors (Lipinski definition) is 2. The number of benzene rings is 1. The Balaban J connectivity index is 1.73. The van der Waals surface area contributed by atoms with Gasteiger partial charge in [0.1, 0.15) is 0 Å². The van der Waals surface area contributed by atoms with Gasteiger partial charge in [0.25, 0.3) is 0 Å². The molecule has 1 fully saturated rings. The minimum absolute atomic E-state index is 0.705. The molecule has 0 spiro atoms. The van der Waals surface area contributed by atoms with Crippen LogP contribution >= 0.6 is 11.6 Å². The largest absolute Gasteiger partial charge is 0.385 e. The van der Waals surface area contributed by atoms with Crippen LogP contribution in [0.5, 0.6) is 0 Å². The zero-order valence-corrected chi connectivity index (χ0v) is 9.56. The molecule has 82 valence electrons. The standard InChI is InChI=1S/C12H17ClN2/c13-10-3-1-4-12(9-10)15-8-6-11-5-2-7-14-11/h1,3-4,9,11,14-15H,2,5-8H2. The van der Waals surface area contributed by atoms with Gasteiger partial charge in [-0.2, -0.15) is 0 Å². The van der Waals surface area contributed by atoms with E-state index in [0.717, 1.165) is 17.3 Å². The Morgan fingerprint density at radius 2 is 2.40 bits per heavy atom. The number of halogens is 1. The second-order valence-corrected chi connectivity index (χ2v) is 4.46. The highest BCUT2D eigenvalue weighted by Gasteiger charge is 2.12. The van der Waals surface area contributed by atoms with Crippen LogP contribution in [0, 0.1) is 0 Å². The summed E-state index contributed by atoms with van der Waals surface area (Å²) in [5.74, 6) is 0. The van der Waals surface area contributed by atoms with Crippen LogP contribution in [-0.4, -0.2) is 19.1 Å². The van der Waals surface area contributed by atoms with Crippen molar-refractivity contribution in [3.63, 3.8) is 0 Å². The van der Waals surface area contributed by atoms with Crippen LogP contribution in [0.3, 0.4) is 0 Å². The van der Waals surface area contributed by atoms with Gasteiger partial charge in [-0.25, -0.2) is 0 Å². The summed E-state index contributed by atoms with van der Waals surface area (Å²) >= 11 is 5.90. The van der Waals surface area contributed by atoms with Gasteiger partial charge in [0.15, 0.2) is 0 Å². The van der Waals surface area contributed by atoms with Crippen molar-refractivity contribution in [2.45, 2.75) is 25.3 Å². The third kappa shape index (κ3) is 3.40. The number of rotatable bonds is 4.